The molecule has 0 radical (unpaired) electrons. The number of nitrogens with one attached hydrogen (secondary N) is 1. The first kappa shape index (κ1) is 19.2. The topological polar surface area (TPSA) is 50.6 Å². The van der Waals surface area contributed by atoms with Crippen LogP contribution in [-0.2, 0) is 4.79 Å². The van der Waals surface area contributed by atoms with E-state index in [0.29, 0.717) is 11.1 Å². The smallest absolute Gasteiger partial charge is 0.298 e. The Balaban J connectivity index is 1.78. The second kappa shape index (κ2) is 7.70. The summed E-state index contributed by atoms with van der Waals surface area (Å²) < 4.78 is 15.0. The third-order valence-corrected chi connectivity index (χ3v) is 5.27. The molecular formula is C22H13Cl2FN2O2. The van der Waals surface area contributed by atoms with Crippen LogP contribution in [0.5, 0.6) is 0 Å². The van der Waals surface area contributed by atoms with Gasteiger partial charge in [-0.15, -0.1) is 0 Å². The zero-order valence-corrected chi connectivity index (χ0v) is 16.3. The molecule has 2 aromatic carbocycles. The van der Waals surface area contributed by atoms with E-state index in [1.807, 2.05) is 12.1 Å². The van der Waals surface area contributed by atoms with E-state index in [0.717, 1.165) is 5.52 Å². The zero-order chi connectivity index (χ0) is 20.5. The summed E-state index contributed by atoms with van der Waals surface area (Å²) in [5.41, 5.74) is 2.27. The Morgan fingerprint density at radius 3 is 2.45 bits per heavy atom. The van der Waals surface area contributed by atoms with E-state index in [1.54, 1.807) is 53.1 Å². The van der Waals surface area contributed by atoms with Crippen LogP contribution in [0.15, 0.2) is 72.9 Å². The number of Topliss-reactive ketones (excluding diaryl/α,β-unsaturated/α-hetero) is 1. The lowest BCUT2D eigenvalue weighted by Crippen LogP contribution is -2.24. The van der Waals surface area contributed by atoms with E-state index in [4.69, 9.17) is 23.2 Å². The van der Waals surface area contributed by atoms with E-state index < -0.39 is 17.5 Å². The third-order valence-electron chi connectivity index (χ3n) is 4.46. The van der Waals surface area contributed by atoms with Gasteiger partial charge in [-0.05, 0) is 48.0 Å². The molecule has 144 valence electrons. The van der Waals surface area contributed by atoms with Gasteiger partial charge in [0.2, 0.25) is 0 Å². The molecule has 0 aliphatic heterocycles. The molecule has 0 bridgehead atoms. The number of fused-ring (bicyclic) bond motifs is 1. The highest BCUT2D eigenvalue weighted by Crippen LogP contribution is 2.31. The van der Waals surface area contributed by atoms with E-state index in [2.05, 4.69) is 5.32 Å². The Morgan fingerprint density at radius 1 is 0.931 bits per heavy atom. The Morgan fingerprint density at radius 2 is 1.69 bits per heavy atom. The number of hydrogen-bond donors (Lipinski definition) is 1. The maximum Gasteiger partial charge on any atom is 0.298 e. The number of hydrogen-bond acceptors (Lipinski definition) is 2. The van der Waals surface area contributed by atoms with Crippen LogP contribution in [0.25, 0.3) is 16.6 Å². The highest BCUT2D eigenvalue weighted by Gasteiger charge is 2.25. The second-order valence-electron chi connectivity index (χ2n) is 6.29. The van der Waals surface area contributed by atoms with Gasteiger partial charge in [-0.1, -0.05) is 47.5 Å². The number of ketones is 1. The molecule has 0 fully saturated rings. The minimum absolute atomic E-state index is 0.147. The van der Waals surface area contributed by atoms with Gasteiger partial charge in [-0.2, -0.15) is 0 Å². The van der Waals surface area contributed by atoms with Crippen molar-refractivity contribution in [3.8, 4) is 11.1 Å². The Bertz CT molecular complexity index is 1250. The van der Waals surface area contributed by atoms with Crippen molar-refractivity contribution in [3.05, 3.63) is 94.5 Å². The highest BCUT2D eigenvalue weighted by molar-refractivity contribution is 6.49. The number of carbonyl (C=O) groups excluding carboxylic acids is 2. The lowest BCUT2D eigenvalue weighted by atomic mass is 10.0. The summed E-state index contributed by atoms with van der Waals surface area (Å²) in [7, 11) is 0. The predicted octanol–water partition coefficient (Wildman–Crippen LogP) is 5.87. The fourth-order valence-corrected chi connectivity index (χ4v) is 3.44. The van der Waals surface area contributed by atoms with Crippen molar-refractivity contribution >= 4 is 46.1 Å². The molecule has 0 saturated carbocycles. The zero-order valence-electron chi connectivity index (χ0n) is 14.8. The Labute approximate surface area is 175 Å². The molecule has 0 aliphatic carbocycles. The summed E-state index contributed by atoms with van der Waals surface area (Å²) in [6.07, 6.45) is 1.69. The van der Waals surface area contributed by atoms with Crippen molar-refractivity contribution in [3.63, 3.8) is 0 Å². The lowest BCUT2D eigenvalue weighted by Gasteiger charge is -2.09. The number of carbonyl (C=O) groups is 2. The summed E-state index contributed by atoms with van der Waals surface area (Å²) in [4.78, 5) is 25.8. The van der Waals surface area contributed by atoms with Gasteiger partial charge in [0.25, 0.3) is 11.7 Å². The van der Waals surface area contributed by atoms with E-state index >= 15 is 0 Å². The first-order valence-corrected chi connectivity index (χ1v) is 9.37. The number of nitrogens with zero attached hydrogens (tertiary/aromatic N) is 1. The largest absolute Gasteiger partial charge is 0.318 e. The van der Waals surface area contributed by atoms with Gasteiger partial charge in [0.05, 0.1) is 15.7 Å². The quantitative estimate of drug-likeness (QED) is 0.327. The number of amides is 1. The minimum atomic E-state index is -0.860. The molecule has 1 amide bonds. The maximum absolute atomic E-state index is 13.3. The molecule has 1 N–H and O–H groups in total. The van der Waals surface area contributed by atoms with Crippen molar-refractivity contribution in [2.24, 2.45) is 0 Å². The molecule has 0 unspecified atom stereocenters. The lowest BCUT2D eigenvalue weighted by molar-refractivity contribution is -0.112. The number of anilines is 1. The van der Waals surface area contributed by atoms with Crippen LogP contribution in [0, 0.1) is 5.82 Å². The molecule has 0 atom stereocenters. The fourth-order valence-electron chi connectivity index (χ4n) is 3.09. The van der Waals surface area contributed by atoms with Crippen molar-refractivity contribution < 1.29 is 14.0 Å². The molecule has 4 rings (SSSR count). The number of aromatic nitrogens is 1. The standard InChI is InChI=1S/C22H13Cl2FN2O2/c23-17-5-3-6-18(19(17)24)26-22(29)21(28)20-16(13-7-9-14(25)10-8-13)12-15-4-1-2-11-27(15)20/h1-12H,(H,26,29). The fraction of sp³-hybridized carbons (Fsp3) is 0. The number of halogens is 3. The highest BCUT2D eigenvalue weighted by atomic mass is 35.5. The summed E-state index contributed by atoms with van der Waals surface area (Å²) in [6.45, 7) is 0. The van der Waals surface area contributed by atoms with Gasteiger partial charge in [-0.25, -0.2) is 4.39 Å². The predicted molar refractivity (Wildman–Crippen MR) is 112 cm³/mol. The Hall–Kier alpha value is -3.15. The first-order chi connectivity index (χ1) is 14.0. The van der Waals surface area contributed by atoms with Crippen LogP contribution in [-0.4, -0.2) is 16.1 Å². The molecular weight excluding hydrogens is 414 g/mol. The van der Waals surface area contributed by atoms with Gasteiger partial charge in [0.1, 0.15) is 11.5 Å². The van der Waals surface area contributed by atoms with Crippen LogP contribution in [0.1, 0.15) is 10.5 Å². The van der Waals surface area contributed by atoms with Gasteiger partial charge in [-0.3, -0.25) is 9.59 Å². The number of benzene rings is 2. The molecule has 7 heteroatoms. The molecule has 0 spiro atoms. The normalized spacial score (nSPS) is 10.9. The second-order valence-corrected chi connectivity index (χ2v) is 7.08. The van der Waals surface area contributed by atoms with Crippen LogP contribution >= 0.6 is 23.2 Å². The SMILES string of the molecule is O=C(Nc1cccc(Cl)c1Cl)C(=O)c1c(-c2ccc(F)cc2)cc2ccccn12. The minimum Gasteiger partial charge on any atom is -0.318 e. The van der Waals surface area contributed by atoms with E-state index in [1.165, 1.54) is 12.1 Å². The molecule has 4 nitrogen and oxygen atoms in total. The summed E-state index contributed by atoms with van der Waals surface area (Å²) in [5, 5.41) is 2.92. The monoisotopic (exact) mass is 426 g/mol. The number of pyridine rings is 1. The van der Waals surface area contributed by atoms with E-state index in [9.17, 15) is 14.0 Å². The van der Waals surface area contributed by atoms with Crippen LogP contribution < -0.4 is 5.32 Å². The molecule has 0 aliphatic rings. The van der Waals surface area contributed by atoms with Crippen LogP contribution in [0.3, 0.4) is 0 Å². The Kier molecular flexibility index (Phi) is 5.09. The number of rotatable bonds is 4. The van der Waals surface area contributed by atoms with Gasteiger partial charge >= 0.3 is 0 Å². The average molecular weight is 427 g/mol. The van der Waals surface area contributed by atoms with E-state index in [-0.39, 0.29) is 21.4 Å². The third kappa shape index (κ3) is 3.62. The molecule has 0 saturated heterocycles. The molecule has 2 heterocycles. The summed E-state index contributed by atoms with van der Waals surface area (Å²) >= 11 is 12.1. The summed E-state index contributed by atoms with van der Waals surface area (Å²) in [5.74, 6) is -2.01. The molecule has 2 aromatic heterocycles. The van der Waals surface area contributed by atoms with Gasteiger partial charge in [0.15, 0.2) is 0 Å². The first-order valence-electron chi connectivity index (χ1n) is 8.61. The molecule has 4 aromatic rings. The van der Waals surface area contributed by atoms with Gasteiger partial charge < -0.3 is 9.72 Å². The van der Waals surface area contributed by atoms with Crippen molar-refractivity contribution in [2.75, 3.05) is 5.32 Å². The van der Waals surface area contributed by atoms with Gasteiger partial charge in [0, 0.05) is 17.3 Å². The van der Waals surface area contributed by atoms with Crippen molar-refractivity contribution in [1.82, 2.24) is 4.40 Å². The van der Waals surface area contributed by atoms with Crippen molar-refractivity contribution in [1.29, 1.82) is 0 Å². The van der Waals surface area contributed by atoms with Crippen LogP contribution in [0.2, 0.25) is 10.0 Å². The summed E-state index contributed by atoms with van der Waals surface area (Å²) in [6, 6.07) is 17.6. The van der Waals surface area contributed by atoms with Crippen molar-refractivity contribution in [2.45, 2.75) is 0 Å². The average Bonchev–Trinajstić information content (AvgIpc) is 3.10. The maximum atomic E-state index is 13.3. The molecule has 29 heavy (non-hydrogen) atoms. The van der Waals surface area contributed by atoms with Crippen LogP contribution in [0.4, 0.5) is 10.1 Å².